The Labute approximate surface area is 200 Å². The molecule has 10 atom stereocenters. The lowest BCUT2D eigenvalue weighted by Crippen LogP contribution is -2.61. The van der Waals surface area contributed by atoms with Crippen molar-refractivity contribution >= 4 is 0 Å². The predicted molar refractivity (Wildman–Crippen MR) is 127 cm³/mol. The van der Waals surface area contributed by atoms with Crippen LogP contribution in [-0.2, 0) is 9.47 Å². The molecule has 0 aromatic heterocycles. The molecule has 188 valence electrons. The van der Waals surface area contributed by atoms with Crippen molar-refractivity contribution in [3.05, 3.63) is 0 Å². The summed E-state index contributed by atoms with van der Waals surface area (Å²) in [6, 6.07) is 0.597. The Morgan fingerprint density at radius 3 is 2.03 bits per heavy atom. The summed E-state index contributed by atoms with van der Waals surface area (Å²) in [5.41, 5.74) is 0.375. The summed E-state index contributed by atoms with van der Waals surface area (Å²) in [4.78, 5) is 5.06. The lowest BCUT2D eigenvalue weighted by Gasteiger charge is -2.62. The number of aliphatic hydroxyl groups excluding tert-OH is 2. The molecule has 6 nitrogen and oxygen atoms in total. The van der Waals surface area contributed by atoms with Gasteiger partial charge >= 0.3 is 0 Å². The Morgan fingerprint density at radius 1 is 0.727 bits per heavy atom. The van der Waals surface area contributed by atoms with Gasteiger partial charge in [0, 0.05) is 38.3 Å². The third kappa shape index (κ3) is 3.65. The van der Waals surface area contributed by atoms with Gasteiger partial charge < -0.3 is 19.7 Å². The summed E-state index contributed by atoms with van der Waals surface area (Å²) >= 11 is 0. The molecule has 2 N–H and O–H groups in total. The summed E-state index contributed by atoms with van der Waals surface area (Å²) < 4.78 is 11.2. The molecule has 0 aromatic carbocycles. The summed E-state index contributed by atoms with van der Waals surface area (Å²) in [6.07, 6.45) is 7.85. The van der Waals surface area contributed by atoms with E-state index in [1.165, 1.54) is 19.3 Å². The molecule has 6 aliphatic rings. The Kier molecular flexibility index (Phi) is 6.11. The van der Waals surface area contributed by atoms with E-state index in [0.29, 0.717) is 23.3 Å². The van der Waals surface area contributed by atoms with Crippen LogP contribution in [0.5, 0.6) is 0 Å². The van der Waals surface area contributed by atoms with Gasteiger partial charge in [-0.2, -0.15) is 0 Å². The first-order valence-corrected chi connectivity index (χ1v) is 13.9. The van der Waals surface area contributed by atoms with Crippen LogP contribution in [0, 0.1) is 34.5 Å². The number of fused-ring (bicyclic) bond motifs is 5. The molecule has 4 saturated carbocycles. The molecule has 2 saturated heterocycles. The highest BCUT2D eigenvalue weighted by Crippen LogP contribution is 2.66. The molecule has 0 amide bonds. The van der Waals surface area contributed by atoms with Crippen LogP contribution in [0.4, 0.5) is 0 Å². The standard InChI is InChI=1S/C27H46N2O4/c1-26-6-5-20-19(21(26)16-22(25(26)31)28-7-11-32-12-8-28)4-3-18-15-24(30)23(17-27(18,20)2)29-9-13-33-14-10-29/h18-25,30-31H,3-17H2,1-2H3/t18-,19+,20-,21-,22-,23-,24-,25+,26-,27-/m0/s1. The average molecular weight is 463 g/mol. The molecule has 2 aliphatic heterocycles. The summed E-state index contributed by atoms with van der Waals surface area (Å²) in [7, 11) is 0. The monoisotopic (exact) mass is 462 g/mol. The van der Waals surface area contributed by atoms with Crippen molar-refractivity contribution in [3.8, 4) is 0 Å². The summed E-state index contributed by atoms with van der Waals surface area (Å²) in [5.74, 6) is 2.74. The normalized spacial score (nSPS) is 53.8. The number of aliphatic hydroxyl groups is 2. The van der Waals surface area contributed by atoms with E-state index < -0.39 is 0 Å². The van der Waals surface area contributed by atoms with Crippen molar-refractivity contribution < 1.29 is 19.7 Å². The number of morpholine rings is 2. The van der Waals surface area contributed by atoms with E-state index >= 15 is 0 Å². The topological polar surface area (TPSA) is 65.4 Å². The fourth-order valence-corrected chi connectivity index (χ4v) is 9.80. The molecule has 0 aromatic rings. The van der Waals surface area contributed by atoms with Crippen molar-refractivity contribution in [2.45, 2.75) is 83.1 Å². The Balaban J connectivity index is 1.24. The van der Waals surface area contributed by atoms with Gasteiger partial charge in [0.25, 0.3) is 0 Å². The predicted octanol–water partition coefficient (Wildman–Crippen LogP) is 2.37. The Bertz CT molecular complexity index is 710. The molecule has 33 heavy (non-hydrogen) atoms. The second kappa shape index (κ2) is 8.70. The van der Waals surface area contributed by atoms with E-state index in [2.05, 4.69) is 23.6 Å². The van der Waals surface area contributed by atoms with Gasteiger partial charge in [0.1, 0.15) is 0 Å². The van der Waals surface area contributed by atoms with E-state index in [4.69, 9.17) is 9.47 Å². The van der Waals surface area contributed by atoms with E-state index in [0.717, 1.165) is 90.1 Å². The minimum atomic E-state index is -0.207. The van der Waals surface area contributed by atoms with Gasteiger partial charge in [0.05, 0.1) is 38.6 Å². The van der Waals surface area contributed by atoms with Crippen molar-refractivity contribution in [2.24, 2.45) is 34.5 Å². The summed E-state index contributed by atoms with van der Waals surface area (Å²) in [6.45, 7) is 12.1. The third-order valence-corrected chi connectivity index (χ3v) is 11.7. The number of rotatable bonds is 2. The maximum absolute atomic E-state index is 11.6. The molecule has 6 rings (SSSR count). The van der Waals surface area contributed by atoms with Crippen LogP contribution in [-0.4, -0.2) is 96.9 Å². The third-order valence-electron chi connectivity index (χ3n) is 11.7. The molecule has 0 radical (unpaired) electrons. The lowest BCUT2D eigenvalue weighted by atomic mass is 9.44. The number of hydrogen-bond donors (Lipinski definition) is 2. The molecule has 0 bridgehead atoms. The number of hydrogen-bond acceptors (Lipinski definition) is 6. The van der Waals surface area contributed by atoms with Gasteiger partial charge in [-0.1, -0.05) is 13.8 Å². The van der Waals surface area contributed by atoms with Crippen molar-refractivity contribution in [1.29, 1.82) is 0 Å². The Hall–Kier alpha value is -0.240. The van der Waals surface area contributed by atoms with E-state index in [1.807, 2.05) is 0 Å². The van der Waals surface area contributed by atoms with Crippen LogP contribution in [0.25, 0.3) is 0 Å². The molecule has 4 aliphatic carbocycles. The minimum Gasteiger partial charge on any atom is -0.391 e. The van der Waals surface area contributed by atoms with E-state index in [9.17, 15) is 10.2 Å². The van der Waals surface area contributed by atoms with Crippen LogP contribution >= 0.6 is 0 Å². The fourth-order valence-electron chi connectivity index (χ4n) is 9.80. The molecule has 6 fully saturated rings. The second-order valence-electron chi connectivity index (χ2n) is 12.8. The summed E-state index contributed by atoms with van der Waals surface area (Å²) in [5, 5.41) is 22.7. The minimum absolute atomic E-state index is 0.0606. The van der Waals surface area contributed by atoms with Crippen molar-refractivity contribution in [3.63, 3.8) is 0 Å². The first kappa shape index (κ1) is 23.2. The first-order valence-electron chi connectivity index (χ1n) is 13.9. The van der Waals surface area contributed by atoms with Gasteiger partial charge in [-0.3, -0.25) is 9.80 Å². The van der Waals surface area contributed by atoms with Gasteiger partial charge in [-0.05, 0) is 79.4 Å². The second-order valence-corrected chi connectivity index (χ2v) is 12.8. The van der Waals surface area contributed by atoms with Crippen LogP contribution < -0.4 is 0 Å². The molecule has 0 spiro atoms. The van der Waals surface area contributed by atoms with Crippen molar-refractivity contribution in [2.75, 3.05) is 52.6 Å². The van der Waals surface area contributed by atoms with Crippen LogP contribution in [0.15, 0.2) is 0 Å². The van der Waals surface area contributed by atoms with Crippen molar-refractivity contribution in [1.82, 2.24) is 9.80 Å². The zero-order chi connectivity index (χ0) is 22.8. The maximum Gasteiger partial charge on any atom is 0.0751 e. The van der Waals surface area contributed by atoms with Crippen LogP contribution in [0.1, 0.15) is 58.8 Å². The molecule has 0 unspecified atom stereocenters. The van der Waals surface area contributed by atoms with Crippen LogP contribution in [0.2, 0.25) is 0 Å². The average Bonchev–Trinajstić information content (AvgIpc) is 3.11. The molecule has 6 heteroatoms. The lowest BCUT2D eigenvalue weighted by molar-refractivity contribution is -0.158. The van der Waals surface area contributed by atoms with E-state index in [1.54, 1.807) is 0 Å². The quantitative estimate of drug-likeness (QED) is 0.657. The molecule has 2 heterocycles. The highest BCUT2D eigenvalue weighted by Gasteiger charge is 2.63. The van der Waals surface area contributed by atoms with Gasteiger partial charge in [0.15, 0.2) is 0 Å². The Morgan fingerprint density at radius 2 is 1.36 bits per heavy atom. The SMILES string of the molecule is C[C@]12C[C@H](N3CCOCC3)[C@@H](O)C[C@@H]1CC[C@@H]1[C@@H]2CC[C@]2(C)[C@H](O)[C@@H](N3CCOCC3)C[C@@H]12. The zero-order valence-corrected chi connectivity index (χ0v) is 20.8. The maximum atomic E-state index is 11.6. The highest BCUT2D eigenvalue weighted by atomic mass is 16.5. The molecular weight excluding hydrogens is 416 g/mol. The molecular formula is C27H46N2O4. The first-order chi connectivity index (χ1) is 15.9. The largest absolute Gasteiger partial charge is 0.391 e. The van der Waals surface area contributed by atoms with Gasteiger partial charge in [-0.15, -0.1) is 0 Å². The van der Waals surface area contributed by atoms with E-state index in [-0.39, 0.29) is 23.7 Å². The van der Waals surface area contributed by atoms with Crippen LogP contribution in [0.3, 0.4) is 0 Å². The zero-order valence-electron chi connectivity index (χ0n) is 20.8. The van der Waals surface area contributed by atoms with Gasteiger partial charge in [0.2, 0.25) is 0 Å². The number of ether oxygens (including phenoxy) is 2. The highest BCUT2D eigenvalue weighted by molar-refractivity contribution is 5.14. The fraction of sp³-hybridized carbons (Fsp3) is 1.00. The number of nitrogens with zero attached hydrogens (tertiary/aromatic N) is 2. The van der Waals surface area contributed by atoms with Gasteiger partial charge in [-0.25, -0.2) is 0 Å². The smallest absolute Gasteiger partial charge is 0.0751 e.